The summed E-state index contributed by atoms with van der Waals surface area (Å²) < 4.78 is 43.4. The molecule has 32 heavy (non-hydrogen) atoms. The molecule has 3 heterocycles. The molecule has 2 aromatic heterocycles. The molecule has 0 unspecified atom stereocenters. The summed E-state index contributed by atoms with van der Waals surface area (Å²) in [5.74, 6) is 2.48. The first-order valence-electron chi connectivity index (χ1n) is 10.7. The minimum Gasteiger partial charge on any atom is -0.492 e. The number of anilines is 2. The fourth-order valence-electron chi connectivity index (χ4n) is 4.04. The smallest absolute Gasteiger partial charge is 0.433 e. The lowest BCUT2D eigenvalue weighted by Crippen LogP contribution is -2.41. The van der Waals surface area contributed by atoms with Crippen molar-refractivity contribution >= 4 is 23.7 Å². The highest BCUT2D eigenvalue weighted by Gasteiger charge is 2.33. The second kappa shape index (κ2) is 8.55. The molecule has 1 aliphatic carbocycles. The van der Waals surface area contributed by atoms with Gasteiger partial charge in [-0.3, -0.25) is 4.99 Å². The Bertz CT molecular complexity index is 986. The maximum absolute atomic E-state index is 12.6. The largest absolute Gasteiger partial charge is 0.492 e. The molecule has 1 aliphatic heterocycles. The molecule has 0 radical (unpaired) electrons. The lowest BCUT2D eigenvalue weighted by Gasteiger charge is -2.36. The van der Waals surface area contributed by atoms with Crippen molar-refractivity contribution < 1.29 is 17.9 Å². The summed E-state index contributed by atoms with van der Waals surface area (Å²) in [5.41, 5.74) is 0.714. The third-order valence-corrected chi connectivity index (χ3v) is 5.94. The Hall–Kier alpha value is -2.91. The highest BCUT2D eigenvalue weighted by molar-refractivity contribution is 5.83. The second-order valence-corrected chi connectivity index (χ2v) is 8.80. The van der Waals surface area contributed by atoms with E-state index in [1.165, 1.54) is 6.07 Å². The zero-order chi connectivity index (χ0) is 23.0. The Labute approximate surface area is 185 Å². The third-order valence-electron chi connectivity index (χ3n) is 5.94. The lowest BCUT2D eigenvalue weighted by molar-refractivity contribution is -0.141. The van der Waals surface area contributed by atoms with Gasteiger partial charge in [0.25, 0.3) is 0 Å². The molecule has 172 valence electrons. The highest BCUT2D eigenvalue weighted by Crippen LogP contribution is 2.36. The molecule has 7 nitrogen and oxygen atoms in total. The number of nitrogens with zero attached hydrogens (tertiary/aromatic N) is 5. The van der Waals surface area contributed by atoms with Crippen molar-refractivity contribution in [3.8, 4) is 5.75 Å². The van der Waals surface area contributed by atoms with Crippen molar-refractivity contribution in [1.29, 1.82) is 0 Å². The predicted molar refractivity (Wildman–Crippen MR) is 117 cm³/mol. The van der Waals surface area contributed by atoms with Gasteiger partial charge in [0.15, 0.2) is 5.82 Å². The first-order valence-corrected chi connectivity index (χ1v) is 10.7. The number of aromatic nitrogens is 3. The molecule has 1 fully saturated rings. The molecule has 0 amide bonds. The first-order chi connectivity index (χ1) is 15.1. The average Bonchev–Trinajstić information content (AvgIpc) is 2.69. The Morgan fingerprint density at radius 1 is 1.22 bits per heavy atom. The summed E-state index contributed by atoms with van der Waals surface area (Å²) in [4.78, 5) is 19.4. The monoisotopic (exact) mass is 448 g/mol. The Morgan fingerprint density at radius 3 is 2.59 bits per heavy atom. The number of pyridine rings is 1. The van der Waals surface area contributed by atoms with Crippen LogP contribution in [0, 0.1) is 18.8 Å². The Balaban J connectivity index is 1.30. The summed E-state index contributed by atoms with van der Waals surface area (Å²) >= 11 is 0. The van der Waals surface area contributed by atoms with E-state index in [0.717, 1.165) is 42.3 Å². The molecule has 1 saturated carbocycles. The van der Waals surface area contributed by atoms with Gasteiger partial charge in [0.2, 0.25) is 5.95 Å². The number of alkyl halides is 3. The first kappa shape index (κ1) is 22.3. The highest BCUT2D eigenvalue weighted by atomic mass is 19.4. The molecule has 10 heteroatoms. The molecule has 2 aromatic rings. The van der Waals surface area contributed by atoms with Gasteiger partial charge in [0.05, 0.1) is 24.5 Å². The van der Waals surface area contributed by atoms with E-state index in [0.29, 0.717) is 30.1 Å². The molecular formula is C22H27F3N6O. The van der Waals surface area contributed by atoms with Crippen LogP contribution in [-0.4, -0.2) is 46.9 Å². The maximum atomic E-state index is 12.6. The number of hydrogen-bond acceptors (Lipinski definition) is 7. The summed E-state index contributed by atoms with van der Waals surface area (Å²) in [6, 6.07) is 2.65. The molecule has 0 spiro atoms. The number of nitrogens with one attached hydrogen (secondary N) is 1. The van der Waals surface area contributed by atoms with Crippen LogP contribution in [0.2, 0.25) is 0 Å². The number of ether oxygens (including phenoxy) is 1. The summed E-state index contributed by atoms with van der Waals surface area (Å²) in [6.45, 7) is 6.68. The molecule has 0 aromatic carbocycles. The van der Waals surface area contributed by atoms with Crippen molar-refractivity contribution in [2.75, 3.05) is 23.9 Å². The van der Waals surface area contributed by atoms with Gasteiger partial charge in [0, 0.05) is 19.3 Å². The number of halogens is 3. The molecular weight excluding hydrogens is 421 g/mol. The fourth-order valence-corrected chi connectivity index (χ4v) is 4.04. The van der Waals surface area contributed by atoms with E-state index in [2.05, 4.69) is 39.0 Å². The molecule has 0 bridgehead atoms. The minimum atomic E-state index is -4.45. The van der Waals surface area contributed by atoms with Gasteiger partial charge >= 0.3 is 6.18 Å². The van der Waals surface area contributed by atoms with Gasteiger partial charge in [-0.05, 0) is 43.7 Å². The van der Waals surface area contributed by atoms with Crippen LogP contribution < -0.4 is 15.0 Å². The zero-order valence-corrected chi connectivity index (χ0v) is 18.5. The second-order valence-electron chi connectivity index (χ2n) is 8.80. The molecule has 0 saturated heterocycles. The summed E-state index contributed by atoms with van der Waals surface area (Å²) in [6.07, 6.45) is 0.370. The topological polar surface area (TPSA) is 75.5 Å². The van der Waals surface area contributed by atoms with E-state index >= 15 is 0 Å². The van der Waals surface area contributed by atoms with Crippen molar-refractivity contribution in [2.24, 2.45) is 16.8 Å². The van der Waals surface area contributed by atoms with Gasteiger partial charge in [-0.1, -0.05) is 13.8 Å². The maximum Gasteiger partial charge on any atom is 0.433 e. The van der Waals surface area contributed by atoms with Gasteiger partial charge < -0.3 is 15.0 Å². The van der Waals surface area contributed by atoms with Crippen LogP contribution in [0.25, 0.3) is 0 Å². The van der Waals surface area contributed by atoms with Crippen LogP contribution in [0.15, 0.2) is 23.3 Å². The van der Waals surface area contributed by atoms with E-state index in [1.54, 1.807) is 0 Å². The van der Waals surface area contributed by atoms with E-state index in [1.807, 2.05) is 20.2 Å². The number of hydrogen-bond donors (Lipinski definition) is 1. The summed E-state index contributed by atoms with van der Waals surface area (Å²) in [7, 11) is 2.03. The van der Waals surface area contributed by atoms with Crippen LogP contribution in [0.1, 0.15) is 38.1 Å². The Morgan fingerprint density at radius 2 is 1.97 bits per heavy atom. The third kappa shape index (κ3) is 4.63. The number of rotatable bonds is 6. The van der Waals surface area contributed by atoms with E-state index < -0.39 is 11.9 Å². The predicted octanol–water partition coefficient (Wildman–Crippen LogP) is 4.65. The van der Waals surface area contributed by atoms with Crippen LogP contribution in [0.5, 0.6) is 5.75 Å². The number of fused-ring (bicyclic) bond motifs is 1. The SMILES string of the molecule is Cc1nc(N[C@H]2C[C@@H](COc3ccc(C(F)(F)F)nc3)C2)nc2c1N=C[C@H](C(C)C)N2C. The number of aliphatic imine (C=N–C) groups is 1. The van der Waals surface area contributed by atoms with Gasteiger partial charge in [0.1, 0.15) is 17.1 Å². The molecule has 1 N–H and O–H groups in total. The zero-order valence-electron chi connectivity index (χ0n) is 18.5. The lowest BCUT2D eigenvalue weighted by atomic mass is 9.81. The normalized spacial score (nSPS) is 22.5. The van der Waals surface area contributed by atoms with E-state index in [9.17, 15) is 13.2 Å². The average molecular weight is 448 g/mol. The standard InChI is InChI=1S/C22H27F3N6O/c1-12(2)17-10-27-19-13(3)28-21(30-20(19)31(17)4)29-15-7-14(8-15)11-32-16-5-6-18(26-9-16)22(23,24)25/h5-6,9-10,12,14-15,17H,7-8,11H2,1-4H3,(H,28,29,30)/t14-,15+,17-/m1/s1. The molecule has 4 rings (SSSR count). The fraction of sp³-hybridized carbons (Fsp3) is 0.545. The van der Waals surface area contributed by atoms with Crippen LogP contribution in [0.4, 0.5) is 30.6 Å². The van der Waals surface area contributed by atoms with Crippen molar-refractivity contribution in [2.45, 2.75) is 51.9 Å². The quantitative estimate of drug-likeness (QED) is 0.694. The van der Waals surface area contributed by atoms with Gasteiger partial charge in [-0.25, -0.2) is 9.97 Å². The van der Waals surface area contributed by atoms with E-state index in [4.69, 9.17) is 9.72 Å². The van der Waals surface area contributed by atoms with Crippen molar-refractivity contribution in [1.82, 2.24) is 15.0 Å². The van der Waals surface area contributed by atoms with Crippen LogP contribution in [-0.2, 0) is 6.18 Å². The summed E-state index contributed by atoms with van der Waals surface area (Å²) in [5, 5.41) is 3.39. The van der Waals surface area contributed by atoms with Crippen LogP contribution in [0.3, 0.4) is 0 Å². The van der Waals surface area contributed by atoms with Crippen molar-refractivity contribution in [3.63, 3.8) is 0 Å². The van der Waals surface area contributed by atoms with Crippen molar-refractivity contribution in [3.05, 3.63) is 29.7 Å². The molecule has 1 atom stereocenters. The molecule has 2 aliphatic rings. The minimum absolute atomic E-state index is 0.189. The van der Waals surface area contributed by atoms with Gasteiger partial charge in [-0.15, -0.1) is 0 Å². The number of aryl methyl sites for hydroxylation is 1. The Kier molecular flexibility index (Phi) is 5.96. The van der Waals surface area contributed by atoms with Gasteiger partial charge in [-0.2, -0.15) is 18.2 Å². The van der Waals surface area contributed by atoms with Crippen LogP contribution >= 0.6 is 0 Å². The van der Waals surface area contributed by atoms with E-state index in [-0.39, 0.29) is 12.1 Å².